The van der Waals surface area contributed by atoms with E-state index in [1.54, 1.807) is 6.92 Å². The van der Waals surface area contributed by atoms with Crippen molar-refractivity contribution in [2.24, 2.45) is 0 Å². The lowest BCUT2D eigenvalue weighted by Crippen LogP contribution is -2.22. The van der Waals surface area contributed by atoms with Gasteiger partial charge in [0.1, 0.15) is 0 Å². The van der Waals surface area contributed by atoms with Crippen molar-refractivity contribution in [2.75, 3.05) is 18.4 Å². The van der Waals surface area contributed by atoms with Gasteiger partial charge in [-0.3, -0.25) is 14.7 Å². The predicted molar refractivity (Wildman–Crippen MR) is 85.9 cm³/mol. The smallest absolute Gasteiger partial charge is 0.252 e. The van der Waals surface area contributed by atoms with Gasteiger partial charge in [-0.15, -0.1) is 0 Å². The molecule has 1 heterocycles. The van der Waals surface area contributed by atoms with Crippen LogP contribution in [0, 0.1) is 6.92 Å². The van der Waals surface area contributed by atoms with Crippen LogP contribution in [-0.4, -0.2) is 28.0 Å². The maximum atomic E-state index is 11.4. The van der Waals surface area contributed by atoms with E-state index in [-0.39, 0.29) is 5.56 Å². The molecule has 0 saturated carbocycles. The van der Waals surface area contributed by atoms with Gasteiger partial charge in [-0.1, -0.05) is 26.0 Å². The summed E-state index contributed by atoms with van der Waals surface area (Å²) >= 11 is 0. The topological polar surface area (TPSA) is 61.0 Å². The molecule has 0 spiro atoms. The summed E-state index contributed by atoms with van der Waals surface area (Å²) in [5.41, 5.74) is 2.73. The predicted octanol–water partition coefficient (Wildman–Crippen LogP) is 2.66. The van der Waals surface area contributed by atoms with Crippen LogP contribution in [0.25, 0.3) is 0 Å². The Balaban J connectivity index is 2.07. The third-order valence-corrected chi connectivity index (χ3v) is 3.39. The molecule has 1 aromatic heterocycles. The van der Waals surface area contributed by atoms with E-state index in [2.05, 4.69) is 46.2 Å². The maximum absolute atomic E-state index is 11.4. The molecule has 0 aliphatic rings. The van der Waals surface area contributed by atoms with Gasteiger partial charge >= 0.3 is 0 Å². The van der Waals surface area contributed by atoms with Gasteiger partial charge in [0.2, 0.25) is 5.95 Å². The van der Waals surface area contributed by atoms with Crippen LogP contribution in [0.2, 0.25) is 0 Å². The average molecular weight is 286 g/mol. The summed E-state index contributed by atoms with van der Waals surface area (Å²) in [7, 11) is 0. The van der Waals surface area contributed by atoms with Crippen molar-refractivity contribution < 1.29 is 0 Å². The SMILES string of the molecule is CCN(CC)Cc1ccc(Nc2nc(C)cc(=O)[nH]2)cc1. The summed E-state index contributed by atoms with van der Waals surface area (Å²) in [6.07, 6.45) is 0. The molecule has 1 aromatic carbocycles. The number of H-pyrrole nitrogens is 1. The Bertz CT molecular complexity index is 629. The zero-order valence-electron chi connectivity index (χ0n) is 12.8. The van der Waals surface area contributed by atoms with E-state index in [1.807, 2.05) is 12.1 Å². The number of anilines is 2. The molecular formula is C16H22N4O. The van der Waals surface area contributed by atoms with Gasteiger partial charge in [-0.2, -0.15) is 0 Å². The highest BCUT2D eigenvalue weighted by molar-refractivity contribution is 5.53. The van der Waals surface area contributed by atoms with Gasteiger partial charge in [-0.25, -0.2) is 4.98 Å². The summed E-state index contributed by atoms with van der Waals surface area (Å²) in [5.74, 6) is 0.469. The van der Waals surface area contributed by atoms with Crippen molar-refractivity contribution in [1.29, 1.82) is 0 Å². The molecule has 21 heavy (non-hydrogen) atoms. The standard InChI is InChI=1S/C16H22N4O/c1-4-20(5-2)11-13-6-8-14(9-7-13)18-16-17-12(3)10-15(21)19-16/h6-10H,4-5,11H2,1-3H3,(H2,17,18,19,21). The highest BCUT2D eigenvalue weighted by atomic mass is 16.1. The van der Waals surface area contributed by atoms with Gasteiger partial charge < -0.3 is 5.32 Å². The first-order valence-electron chi connectivity index (χ1n) is 7.27. The van der Waals surface area contributed by atoms with Crippen LogP contribution in [0.3, 0.4) is 0 Å². The molecule has 0 bridgehead atoms. The van der Waals surface area contributed by atoms with Crippen LogP contribution in [0.1, 0.15) is 25.1 Å². The number of benzene rings is 1. The number of hydrogen-bond donors (Lipinski definition) is 2. The molecule has 0 radical (unpaired) electrons. The monoisotopic (exact) mass is 286 g/mol. The van der Waals surface area contributed by atoms with Crippen molar-refractivity contribution >= 4 is 11.6 Å². The maximum Gasteiger partial charge on any atom is 0.252 e. The number of aryl methyl sites for hydroxylation is 1. The van der Waals surface area contributed by atoms with Gasteiger partial charge in [-0.05, 0) is 37.7 Å². The number of nitrogens with zero attached hydrogens (tertiary/aromatic N) is 2. The van der Waals surface area contributed by atoms with E-state index in [0.29, 0.717) is 11.6 Å². The largest absolute Gasteiger partial charge is 0.326 e. The van der Waals surface area contributed by atoms with Gasteiger partial charge in [0.15, 0.2) is 0 Å². The molecule has 112 valence electrons. The number of aromatic nitrogens is 2. The fraction of sp³-hybridized carbons (Fsp3) is 0.375. The minimum atomic E-state index is -0.150. The Morgan fingerprint density at radius 1 is 1.19 bits per heavy atom. The fourth-order valence-corrected chi connectivity index (χ4v) is 2.17. The highest BCUT2D eigenvalue weighted by Crippen LogP contribution is 2.14. The van der Waals surface area contributed by atoms with Crippen molar-refractivity contribution in [1.82, 2.24) is 14.9 Å². The minimum Gasteiger partial charge on any atom is -0.326 e. The van der Waals surface area contributed by atoms with Crippen LogP contribution in [-0.2, 0) is 6.54 Å². The fourth-order valence-electron chi connectivity index (χ4n) is 2.17. The molecule has 5 nitrogen and oxygen atoms in total. The molecule has 0 unspecified atom stereocenters. The summed E-state index contributed by atoms with van der Waals surface area (Å²) in [6.45, 7) is 9.18. The van der Waals surface area contributed by atoms with Crippen molar-refractivity contribution in [3.8, 4) is 0 Å². The van der Waals surface area contributed by atoms with Crippen molar-refractivity contribution in [3.05, 3.63) is 51.9 Å². The summed E-state index contributed by atoms with van der Waals surface area (Å²) in [4.78, 5) is 20.7. The molecule has 2 N–H and O–H groups in total. The van der Waals surface area contributed by atoms with Gasteiger partial charge in [0, 0.05) is 24.0 Å². The van der Waals surface area contributed by atoms with Crippen molar-refractivity contribution in [2.45, 2.75) is 27.3 Å². The summed E-state index contributed by atoms with van der Waals surface area (Å²) < 4.78 is 0. The zero-order chi connectivity index (χ0) is 15.2. The minimum absolute atomic E-state index is 0.150. The first-order valence-corrected chi connectivity index (χ1v) is 7.27. The number of rotatable bonds is 6. The molecule has 2 aromatic rings. The van der Waals surface area contributed by atoms with E-state index in [0.717, 1.165) is 25.3 Å². The molecule has 0 saturated heterocycles. The van der Waals surface area contributed by atoms with E-state index in [4.69, 9.17) is 0 Å². The first-order chi connectivity index (χ1) is 10.1. The van der Waals surface area contributed by atoms with E-state index >= 15 is 0 Å². The molecule has 2 rings (SSSR count). The molecule has 0 amide bonds. The van der Waals surface area contributed by atoms with E-state index in [9.17, 15) is 4.79 Å². The molecule has 0 aliphatic carbocycles. The van der Waals surface area contributed by atoms with Crippen molar-refractivity contribution in [3.63, 3.8) is 0 Å². The lowest BCUT2D eigenvalue weighted by Gasteiger charge is -2.18. The highest BCUT2D eigenvalue weighted by Gasteiger charge is 2.02. The Morgan fingerprint density at radius 3 is 2.43 bits per heavy atom. The average Bonchev–Trinajstić information content (AvgIpc) is 2.45. The van der Waals surface area contributed by atoms with Gasteiger partial charge in [0.25, 0.3) is 5.56 Å². The zero-order valence-corrected chi connectivity index (χ0v) is 12.8. The second-order valence-electron chi connectivity index (χ2n) is 5.02. The molecule has 0 aliphatic heterocycles. The number of nitrogens with one attached hydrogen (secondary N) is 2. The van der Waals surface area contributed by atoms with E-state index < -0.39 is 0 Å². The second kappa shape index (κ2) is 7.04. The third-order valence-electron chi connectivity index (χ3n) is 3.39. The third kappa shape index (κ3) is 4.43. The van der Waals surface area contributed by atoms with Crippen LogP contribution < -0.4 is 10.9 Å². The van der Waals surface area contributed by atoms with Crippen LogP contribution >= 0.6 is 0 Å². The number of aromatic amines is 1. The van der Waals surface area contributed by atoms with Crippen LogP contribution in [0.4, 0.5) is 11.6 Å². The van der Waals surface area contributed by atoms with Crippen LogP contribution in [0.5, 0.6) is 0 Å². The molecule has 0 atom stereocenters. The normalized spacial score (nSPS) is 10.9. The lowest BCUT2D eigenvalue weighted by molar-refractivity contribution is 0.296. The molecular weight excluding hydrogens is 264 g/mol. The summed E-state index contributed by atoms with van der Waals surface area (Å²) in [5, 5.41) is 3.11. The van der Waals surface area contributed by atoms with Gasteiger partial charge in [0.05, 0.1) is 0 Å². The first kappa shape index (κ1) is 15.3. The Morgan fingerprint density at radius 2 is 1.86 bits per heavy atom. The van der Waals surface area contributed by atoms with E-state index in [1.165, 1.54) is 11.6 Å². The lowest BCUT2D eigenvalue weighted by atomic mass is 10.2. The van der Waals surface area contributed by atoms with Crippen LogP contribution in [0.15, 0.2) is 35.1 Å². The Labute approximate surface area is 125 Å². The Kier molecular flexibility index (Phi) is 5.11. The second-order valence-corrected chi connectivity index (χ2v) is 5.02. The molecule has 5 heteroatoms. The summed E-state index contributed by atoms with van der Waals surface area (Å²) in [6, 6.07) is 9.66. The quantitative estimate of drug-likeness (QED) is 0.857. The molecule has 0 fully saturated rings. The number of hydrogen-bond acceptors (Lipinski definition) is 4. The Hall–Kier alpha value is -2.14.